The first-order valence-electron chi connectivity index (χ1n) is 10.4. The van der Waals surface area contributed by atoms with Crippen LogP contribution < -0.4 is 5.32 Å². The number of nitrogens with one attached hydrogen (secondary N) is 1. The van der Waals surface area contributed by atoms with Crippen LogP contribution in [0, 0.1) is 18.6 Å². The molecule has 1 aliphatic rings. The van der Waals surface area contributed by atoms with Gasteiger partial charge in [-0.25, -0.2) is 18.6 Å². The molecule has 0 aliphatic carbocycles. The van der Waals surface area contributed by atoms with Gasteiger partial charge in [0.25, 0.3) is 5.91 Å². The maximum Gasteiger partial charge on any atom is 0.409 e. The van der Waals surface area contributed by atoms with Crippen LogP contribution in [0.5, 0.6) is 0 Å². The van der Waals surface area contributed by atoms with E-state index in [1.807, 2.05) is 0 Å². The lowest BCUT2D eigenvalue weighted by atomic mass is 9.98. The second-order valence-corrected chi connectivity index (χ2v) is 7.72. The van der Waals surface area contributed by atoms with Crippen LogP contribution in [0.3, 0.4) is 0 Å². The quantitative estimate of drug-likeness (QED) is 0.642. The molecule has 0 spiro atoms. The summed E-state index contributed by atoms with van der Waals surface area (Å²) in [4.78, 5) is 29.7. The van der Waals surface area contributed by atoms with Crippen LogP contribution in [-0.4, -0.2) is 61.8 Å². The predicted molar refractivity (Wildman–Crippen MR) is 115 cm³/mol. The molecule has 1 aromatic carbocycles. The molecule has 1 unspecified atom stereocenters. The highest BCUT2D eigenvalue weighted by molar-refractivity contribution is 5.95. The summed E-state index contributed by atoms with van der Waals surface area (Å²) >= 11 is 0. The molecule has 0 radical (unpaired) electrons. The highest BCUT2D eigenvalue weighted by Crippen LogP contribution is 2.37. The number of amides is 2. The molecule has 10 heteroatoms. The third-order valence-electron chi connectivity index (χ3n) is 5.56. The summed E-state index contributed by atoms with van der Waals surface area (Å²) < 4.78 is 46.6. The third-order valence-corrected chi connectivity index (χ3v) is 5.56. The van der Waals surface area contributed by atoms with Crippen LogP contribution in [0.1, 0.15) is 21.6 Å². The van der Waals surface area contributed by atoms with Gasteiger partial charge in [-0.15, -0.1) is 0 Å². The number of morpholine rings is 1. The van der Waals surface area contributed by atoms with E-state index in [0.717, 1.165) is 12.1 Å². The van der Waals surface area contributed by atoms with Gasteiger partial charge in [-0.1, -0.05) is 0 Å². The average Bonchev–Trinajstić information content (AvgIpc) is 3.14. The van der Waals surface area contributed by atoms with E-state index >= 15 is 8.78 Å². The van der Waals surface area contributed by atoms with E-state index in [4.69, 9.17) is 13.9 Å². The van der Waals surface area contributed by atoms with Crippen LogP contribution in [0.4, 0.5) is 13.6 Å². The van der Waals surface area contributed by atoms with Gasteiger partial charge in [-0.2, -0.15) is 0 Å². The Balaban J connectivity index is 1.79. The summed E-state index contributed by atoms with van der Waals surface area (Å²) in [7, 11) is 2.68. The maximum atomic E-state index is 15.1. The van der Waals surface area contributed by atoms with E-state index in [-0.39, 0.29) is 30.0 Å². The number of methoxy groups -OCH3 is 1. The number of ether oxygens (including phenoxy) is 2. The molecule has 2 amide bonds. The van der Waals surface area contributed by atoms with Crippen LogP contribution in [-0.2, 0) is 15.9 Å². The highest BCUT2D eigenvalue weighted by Gasteiger charge is 2.30. The van der Waals surface area contributed by atoms with Crippen molar-refractivity contribution in [3.05, 3.63) is 52.7 Å². The zero-order valence-corrected chi connectivity index (χ0v) is 18.4. The molecule has 1 N–H and O–H groups in total. The van der Waals surface area contributed by atoms with E-state index < -0.39 is 35.3 Å². The number of rotatable bonds is 4. The topological polar surface area (TPSA) is 93.9 Å². The Bertz CT molecular complexity index is 1200. The van der Waals surface area contributed by atoms with Gasteiger partial charge in [0.2, 0.25) is 5.71 Å². The number of halogens is 2. The normalized spacial score (nSPS) is 16.2. The molecular formula is C23H23F2N3O5. The number of carbonyl (C=O) groups is 2. The lowest BCUT2D eigenvalue weighted by molar-refractivity contribution is -0.0235. The fourth-order valence-electron chi connectivity index (χ4n) is 3.96. The minimum atomic E-state index is -0.939. The molecule has 174 valence electrons. The zero-order valence-electron chi connectivity index (χ0n) is 18.4. The van der Waals surface area contributed by atoms with Gasteiger partial charge >= 0.3 is 6.09 Å². The SMILES string of the molecule is CNC(=O)c1cc(F)c(-c2oc3nc(C)ccc3c2CC2CN(C(=O)OC)CCO2)c(F)c1. The Kier molecular flexibility index (Phi) is 6.28. The number of aryl methyl sites for hydroxylation is 1. The standard InChI is InChI=1S/C23H23F2N3O5/c1-12-4-5-15-16(10-14-11-28(6-7-32-14)23(30)31-3)20(33-22(15)27-12)19-17(24)8-13(9-18(19)25)21(29)26-2/h4-5,8-9,14H,6-7,10-11H2,1-3H3,(H,26,29). The van der Waals surface area contributed by atoms with Gasteiger partial charge < -0.3 is 24.1 Å². The van der Waals surface area contributed by atoms with E-state index in [9.17, 15) is 9.59 Å². The summed E-state index contributed by atoms with van der Waals surface area (Å²) in [5.74, 6) is -2.52. The fourth-order valence-corrected chi connectivity index (χ4v) is 3.96. The molecular weight excluding hydrogens is 436 g/mol. The zero-order chi connectivity index (χ0) is 23.7. The number of aromatic nitrogens is 1. The number of carbonyl (C=O) groups excluding carboxylic acids is 2. The number of hydrogen-bond donors (Lipinski definition) is 1. The maximum absolute atomic E-state index is 15.1. The van der Waals surface area contributed by atoms with Crippen molar-refractivity contribution < 1.29 is 32.3 Å². The van der Waals surface area contributed by atoms with Gasteiger partial charge in [0, 0.05) is 42.2 Å². The van der Waals surface area contributed by atoms with Crippen LogP contribution >= 0.6 is 0 Å². The number of hydrogen-bond acceptors (Lipinski definition) is 6. The molecule has 33 heavy (non-hydrogen) atoms. The number of fused-ring (bicyclic) bond motifs is 1. The lowest BCUT2D eigenvalue weighted by Crippen LogP contribution is -2.46. The fraction of sp³-hybridized carbons (Fsp3) is 0.348. The highest BCUT2D eigenvalue weighted by atomic mass is 19.1. The van der Waals surface area contributed by atoms with E-state index in [0.29, 0.717) is 29.8 Å². The Morgan fingerprint density at radius 2 is 2.00 bits per heavy atom. The molecule has 0 saturated carbocycles. The summed E-state index contributed by atoms with van der Waals surface area (Å²) in [5, 5.41) is 2.93. The molecule has 0 bridgehead atoms. The molecule has 8 nitrogen and oxygen atoms in total. The van der Waals surface area contributed by atoms with E-state index in [2.05, 4.69) is 10.3 Å². The molecule has 3 aromatic rings. The number of nitrogens with zero attached hydrogens (tertiary/aromatic N) is 2. The van der Waals surface area contributed by atoms with Gasteiger partial charge in [0.1, 0.15) is 17.4 Å². The summed E-state index contributed by atoms with van der Waals surface area (Å²) in [5.41, 5.74) is 0.867. The van der Waals surface area contributed by atoms with Gasteiger partial charge in [-0.3, -0.25) is 4.79 Å². The number of pyridine rings is 1. The smallest absolute Gasteiger partial charge is 0.409 e. The Morgan fingerprint density at radius 1 is 1.27 bits per heavy atom. The third kappa shape index (κ3) is 4.38. The minimum absolute atomic E-state index is 0.0275. The van der Waals surface area contributed by atoms with Crippen molar-refractivity contribution in [2.75, 3.05) is 33.9 Å². The van der Waals surface area contributed by atoms with Crippen molar-refractivity contribution in [3.63, 3.8) is 0 Å². The number of benzene rings is 1. The largest absolute Gasteiger partial charge is 0.453 e. The Hall–Kier alpha value is -3.53. The second-order valence-electron chi connectivity index (χ2n) is 7.72. The second kappa shape index (κ2) is 9.14. The molecule has 1 atom stereocenters. The van der Waals surface area contributed by atoms with Crippen molar-refractivity contribution in [1.29, 1.82) is 0 Å². The average molecular weight is 459 g/mol. The molecule has 1 aliphatic heterocycles. The Labute approximate surface area is 188 Å². The first-order valence-corrected chi connectivity index (χ1v) is 10.4. The lowest BCUT2D eigenvalue weighted by Gasteiger charge is -2.32. The van der Waals surface area contributed by atoms with Crippen molar-refractivity contribution in [3.8, 4) is 11.3 Å². The predicted octanol–water partition coefficient (Wildman–Crippen LogP) is 3.45. The van der Waals surface area contributed by atoms with Crippen LogP contribution in [0.15, 0.2) is 28.7 Å². The summed E-state index contributed by atoms with van der Waals surface area (Å²) in [6.07, 6.45) is -0.703. The van der Waals surface area contributed by atoms with Crippen molar-refractivity contribution >= 4 is 23.1 Å². The summed E-state index contributed by atoms with van der Waals surface area (Å²) in [6.45, 7) is 2.71. The number of furan rings is 1. The minimum Gasteiger partial charge on any atom is -0.453 e. The van der Waals surface area contributed by atoms with Crippen molar-refractivity contribution in [2.45, 2.75) is 19.4 Å². The van der Waals surface area contributed by atoms with Crippen LogP contribution in [0.25, 0.3) is 22.4 Å². The molecule has 1 fully saturated rings. The van der Waals surface area contributed by atoms with Gasteiger partial charge in [0.05, 0.1) is 31.9 Å². The Morgan fingerprint density at radius 3 is 2.67 bits per heavy atom. The van der Waals surface area contributed by atoms with Crippen molar-refractivity contribution in [1.82, 2.24) is 15.2 Å². The summed E-state index contributed by atoms with van der Waals surface area (Å²) in [6, 6.07) is 5.47. The van der Waals surface area contributed by atoms with Crippen LogP contribution in [0.2, 0.25) is 0 Å². The van der Waals surface area contributed by atoms with E-state index in [1.54, 1.807) is 19.1 Å². The van der Waals surface area contributed by atoms with Gasteiger partial charge in [-0.05, 0) is 31.2 Å². The molecule has 1 saturated heterocycles. The molecule has 2 aromatic heterocycles. The monoisotopic (exact) mass is 459 g/mol. The molecule has 3 heterocycles. The first kappa shape index (κ1) is 22.7. The van der Waals surface area contributed by atoms with Gasteiger partial charge in [0.15, 0.2) is 0 Å². The van der Waals surface area contributed by atoms with Crippen molar-refractivity contribution in [2.24, 2.45) is 0 Å². The van der Waals surface area contributed by atoms with E-state index in [1.165, 1.54) is 19.1 Å². The first-order chi connectivity index (χ1) is 15.8. The molecule has 4 rings (SSSR count).